The van der Waals surface area contributed by atoms with Crippen molar-refractivity contribution in [1.82, 2.24) is 0 Å². The summed E-state index contributed by atoms with van der Waals surface area (Å²) in [7, 11) is 1.45. The van der Waals surface area contributed by atoms with Crippen LogP contribution in [0.4, 0.5) is 10.1 Å². The summed E-state index contributed by atoms with van der Waals surface area (Å²) in [5, 5.41) is 12.5. The Hall–Kier alpha value is -2.86. The standard InChI is InChI=1S/C25H18Br2ClFN2O3/c1-14-7-19(26)23(20(27)8-14)31-25(32)17(12-30)9-16-10-21(28)24(22(11-16)33-2)34-13-15-3-5-18(29)6-4-15/h3-11H,13H2,1-2H3,(H,31,32)/b17-9+. The number of hydrogen-bond donors (Lipinski definition) is 1. The van der Waals surface area contributed by atoms with Gasteiger partial charge in [-0.05, 0) is 97.9 Å². The summed E-state index contributed by atoms with van der Waals surface area (Å²) < 4.78 is 25.6. The molecule has 34 heavy (non-hydrogen) atoms. The molecule has 0 bridgehead atoms. The highest BCUT2D eigenvalue weighted by molar-refractivity contribution is 9.11. The second kappa shape index (κ2) is 11.5. The fourth-order valence-corrected chi connectivity index (χ4v) is 4.90. The number of nitriles is 1. The molecule has 0 unspecified atom stereocenters. The molecule has 0 heterocycles. The van der Waals surface area contributed by atoms with E-state index >= 15 is 0 Å². The van der Waals surface area contributed by atoms with Gasteiger partial charge in [0.1, 0.15) is 24.1 Å². The first-order valence-electron chi connectivity index (χ1n) is 9.85. The van der Waals surface area contributed by atoms with Crippen LogP contribution in [0.25, 0.3) is 6.08 Å². The lowest BCUT2D eigenvalue weighted by Crippen LogP contribution is -2.14. The van der Waals surface area contributed by atoms with E-state index in [-0.39, 0.29) is 23.0 Å². The van der Waals surface area contributed by atoms with E-state index in [1.807, 2.05) is 25.1 Å². The molecule has 0 saturated carbocycles. The van der Waals surface area contributed by atoms with E-state index in [4.69, 9.17) is 21.1 Å². The zero-order chi connectivity index (χ0) is 24.8. The summed E-state index contributed by atoms with van der Waals surface area (Å²) in [5.41, 5.74) is 2.61. The predicted octanol–water partition coefficient (Wildman–Crippen LogP) is 7.45. The Morgan fingerprint density at radius 2 is 1.82 bits per heavy atom. The first-order valence-corrected chi connectivity index (χ1v) is 11.8. The fraction of sp³-hybridized carbons (Fsp3) is 0.120. The maximum absolute atomic E-state index is 13.1. The van der Waals surface area contributed by atoms with Gasteiger partial charge in [0.05, 0.1) is 17.8 Å². The second-order valence-corrected chi connectivity index (χ2v) is 9.29. The minimum absolute atomic E-state index is 0.127. The van der Waals surface area contributed by atoms with Gasteiger partial charge >= 0.3 is 0 Å². The van der Waals surface area contributed by atoms with Crippen molar-refractivity contribution in [2.24, 2.45) is 0 Å². The van der Waals surface area contributed by atoms with Gasteiger partial charge in [-0.2, -0.15) is 5.26 Å². The number of aryl methyl sites for hydroxylation is 1. The quantitative estimate of drug-likeness (QED) is 0.224. The van der Waals surface area contributed by atoms with Crippen LogP contribution in [0.15, 0.2) is 63.0 Å². The topological polar surface area (TPSA) is 71.3 Å². The van der Waals surface area contributed by atoms with Crippen molar-refractivity contribution in [2.75, 3.05) is 12.4 Å². The molecule has 0 atom stereocenters. The smallest absolute Gasteiger partial charge is 0.266 e. The highest BCUT2D eigenvalue weighted by Crippen LogP contribution is 2.38. The molecule has 0 aliphatic carbocycles. The number of ether oxygens (including phenoxy) is 2. The van der Waals surface area contributed by atoms with Crippen molar-refractivity contribution in [3.05, 3.63) is 90.6 Å². The van der Waals surface area contributed by atoms with Gasteiger partial charge in [-0.15, -0.1) is 0 Å². The number of hydrogen-bond acceptors (Lipinski definition) is 4. The van der Waals surface area contributed by atoms with Crippen LogP contribution in [-0.2, 0) is 11.4 Å². The Kier molecular flexibility index (Phi) is 8.72. The number of rotatable bonds is 7. The van der Waals surface area contributed by atoms with Gasteiger partial charge in [0, 0.05) is 8.95 Å². The average Bonchev–Trinajstić information content (AvgIpc) is 2.79. The highest BCUT2D eigenvalue weighted by atomic mass is 79.9. The van der Waals surface area contributed by atoms with Crippen LogP contribution < -0.4 is 14.8 Å². The molecule has 0 aliphatic rings. The Morgan fingerprint density at radius 3 is 2.41 bits per heavy atom. The van der Waals surface area contributed by atoms with E-state index in [1.54, 1.807) is 24.3 Å². The maximum Gasteiger partial charge on any atom is 0.266 e. The number of halogens is 4. The predicted molar refractivity (Wildman–Crippen MR) is 138 cm³/mol. The van der Waals surface area contributed by atoms with Crippen LogP contribution in [-0.4, -0.2) is 13.0 Å². The highest BCUT2D eigenvalue weighted by Gasteiger charge is 2.16. The van der Waals surface area contributed by atoms with Gasteiger partial charge in [-0.3, -0.25) is 4.79 Å². The van der Waals surface area contributed by atoms with Crippen molar-refractivity contribution < 1.29 is 18.7 Å². The molecule has 0 radical (unpaired) electrons. The molecular weight excluding hydrogens is 591 g/mol. The average molecular weight is 609 g/mol. The zero-order valence-electron chi connectivity index (χ0n) is 18.1. The number of methoxy groups -OCH3 is 1. The van der Waals surface area contributed by atoms with E-state index in [1.165, 1.54) is 25.3 Å². The van der Waals surface area contributed by atoms with E-state index in [0.29, 0.717) is 31.7 Å². The lowest BCUT2D eigenvalue weighted by molar-refractivity contribution is -0.112. The molecule has 3 rings (SSSR count). The van der Waals surface area contributed by atoms with Crippen LogP contribution in [0.5, 0.6) is 11.5 Å². The lowest BCUT2D eigenvalue weighted by atomic mass is 10.1. The van der Waals surface area contributed by atoms with Crippen molar-refractivity contribution in [2.45, 2.75) is 13.5 Å². The van der Waals surface area contributed by atoms with E-state index in [9.17, 15) is 14.4 Å². The largest absolute Gasteiger partial charge is 0.493 e. The Labute approximate surface area is 218 Å². The molecule has 3 aromatic rings. The van der Waals surface area contributed by atoms with Gasteiger partial charge in [0.25, 0.3) is 5.91 Å². The van der Waals surface area contributed by atoms with Gasteiger partial charge in [-0.25, -0.2) is 4.39 Å². The first kappa shape index (κ1) is 25.8. The maximum atomic E-state index is 13.1. The van der Waals surface area contributed by atoms with Crippen LogP contribution in [0.3, 0.4) is 0 Å². The first-order chi connectivity index (χ1) is 16.2. The summed E-state index contributed by atoms with van der Waals surface area (Å²) >= 11 is 13.3. The third-order valence-electron chi connectivity index (χ3n) is 4.65. The molecule has 0 aliphatic heterocycles. The minimum atomic E-state index is -0.584. The Bertz CT molecular complexity index is 1280. The summed E-state index contributed by atoms with van der Waals surface area (Å²) in [5.74, 6) is -0.307. The number of carbonyl (C=O) groups excluding carboxylic acids is 1. The van der Waals surface area contributed by atoms with Gasteiger partial charge < -0.3 is 14.8 Å². The van der Waals surface area contributed by atoms with Crippen molar-refractivity contribution in [3.8, 4) is 17.6 Å². The summed E-state index contributed by atoms with van der Waals surface area (Å²) in [6, 6.07) is 14.7. The monoisotopic (exact) mass is 606 g/mol. The van der Waals surface area contributed by atoms with Crippen LogP contribution in [0.1, 0.15) is 16.7 Å². The van der Waals surface area contributed by atoms with Gasteiger partial charge in [0.15, 0.2) is 11.5 Å². The fourth-order valence-electron chi connectivity index (χ4n) is 3.01. The number of amides is 1. The van der Waals surface area contributed by atoms with Crippen LogP contribution in [0, 0.1) is 24.1 Å². The molecule has 0 saturated heterocycles. The van der Waals surface area contributed by atoms with Gasteiger partial charge in [0.2, 0.25) is 0 Å². The molecule has 5 nitrogen and oxygen atoms in total. The number of benzene rings is 3. The molecule has 3 aromatic carbocycles. The molecule has 174 valence electrons. The number of anilines is 1. The molecular formula is C25H18Br2ClFN2O3. The number of nitrogens with one attached hydrogen (secondary N) is 1. The summed E-state index contributed by atoms with van der Waals surface area (Å²) in [6.45, 7) is 2.07. The third kappa shape index (κ3) is 6.38. The van der Waals surface area contributed by atoms with Crippen molar-refractivity contribution in [1.29, 1.82) is 5.26 Å². The number of nitrogens with zero attached hydrogens (tertiary/aromatic N) is 1. The van der Waals surface area contributed by atoms with E-state index in [0.717, 1.165) is 11.1 Å². The normalized spacial score (nSPS) is 11.0. The summed E-state index contributed by atoms with van der Waals surface area (Å²) in [4.78, 5) is 12.8. The number of carbonyl (C=O) groups is 1. The van der Waals surface area contributed by atoms with E-state index in [2.05, 4.69) is 37.2 Å². The Morgan fingerprint density at radius 1 is 1.18 bits per heavy atom. The van der Waals surface area contributed by atoms with Crippen molar-refractivity contribution in [3.63, 3.8) is 0 Å². The minimum Gasteiger partial charge on any atom is -0.493 e. The summed E-state index contributed by atoms with van der Waals surface area (Å²) in [6.07, 6.45) is 1.41. The second-order valence-electron chi connectivity index (χ2n) is 7.18. The molecule has 1 amide bonds. The van der Waals surface area contributed by atoms with E-state index < -0.39 is 5.91 Å². The van der Waals surface area contributed by atoms with Gasteiger partial charge in [-0.1, -0.05) is 23.7 Å². The molecule has 9 heteroatoms. The molecule has 0 aromatic heterocycles. The molecule has 0 spiro atoms. The lowest BCUT2D eigenvalue weighted by Gasteiger charge is -2.14. The Balaban J connectivity index is 1.84. The van der Waals surface area contributed by atoms with Crippen LogP contribution in [0.2, 0.25) is 5.02 Å². The molecule has 0 fully saturated rings. The third-order valence-corrected chi connectivity index (χ3v) is 6.18. The zero-order valence-corrected chi connectivity index (χ0v) is 22.0. The SMILES string of the molecule is COc1cc(/C=C(\C#N)C(=O)Nc2c(Br)cc(C)cc2Br)cc(Cl)c1OCc1ccc(F)cc1. The molecule has 1 N–H and O–H groups in total. The van der Waals surface area contributed by atoms with Crippen molar-refractivity contribution >= 4 is 61.1 Å². The van der Waals surface area contributed by atoms with Crippen LogP contribution >= 0.6 is 43.5 Å².